The van der Waals surface area contributed by atoms with Crippen molar-refractivity contribution in [3.05, 3.63) is 53.6 Å². The molecule has 6 rings (SSSR count). The molecular formula is C36H47N3O4. The van der Waals surface area contributed by atoms with E-state index in [1.54, 1.807) is 0 Å². The normalized spacial score (nSPS) is 18.2. The molecule has 2 aromatic carbocycles. The number of aromatic nitrogens is 1. The standard InChI is InChI=1S/C36H47N3O4/c1-36(2,3)43-35(41)38-20-17-25(18-21-38)16-19-37-22-23-39-31-24-27(34(40)42-4)14-15-28(31)32(26-10-6-5-7-11-26)33(39)29-12-8-9-13-30(29)37/h8-9,12-15,24-26H,5-7,10-11,16-23H2,1-4H3. The molecule has 2 aliphatic heterocycles. The molecule has 0 bridgehead atoms. The lowest BCUT2D eigenvalue weighted by molar-refractivity contribution is 0.0181. The molecule has 0 spiro atoms. The van der Waals surface area contributed by atoms with E-state index in [4.69, 9.17) is 9.47 Å². The second-order valence-corrected chi connectivity index (χ2v) is 13.7. The number of hydrogen-bond donors (Lipinski definition) is 0. The van der Waals surface area contributed by atoms with Crippen LogP contribution < -0.4 is 4.90 Å². The molecule has 1 aliphatic carbocycles. The molecule has 7 nitrogen and oxygen atoms in total. The summed E-state index contributed by atoms with van der Waals surface area (Å²) in [6.07, 6.45) is 9.26. The van der Waals surface area contributed by atoms with E-state index < -0.39 is 5.60 Å². The van der Waals surface area contributed by atoms with E-state index >= 15 is 0 Å². The van der Waals surface area contributed by atoms with Gasteiger partial charge >= 0.3 is 12.1 Å². The van der Waals surface area contributed by atoms with E-state index in [0.29, 0.717) is 17.4 Å². The number of likely N-dealkylation sites (tertiary alicyclic amines) is 1. The smallest absolute Gasteiger partial charge is 0.410 e. The first-order valence-electron chi connectivity index (χ1n) is 16.3. The van der Waals surface area contributed by atoms with E-state index in [-0.39, 0.29) is 12.1 Å². The number of para-hydroxylation sites is 1. The third-order valence-corrected chi connectivity index (χ3v) is 9.71. The topological polar surface area (TPSA) is 64.0 Å². The Labute approximate surface area is 256 Å². The summed E-state index contributed by atoms with van der Waals surface area (Å²) < 4.78 is 13.2. The first-order valence-corrected chi connectivity index (χ1v) is 16.3. The van der Waals surface area contributed by atoms with Gasteiger partial charge in [0, 0.05) is 54.9 Å². The van der Waals surface area contributed by atoms with Crippen molar-refractivity contribution in [1.29, 1.82) is 0 Å². The maximum absolute atomic E-state index is 12.6. The molecule has 7 heteroatoms. The molecule has 1 amide bonds. The summed E-state index contributed by atoms with van der Waals surface area (Å²) >= 11 is 0. The molecule has 1 saturated heterocycles. The Hall–Kier alpha value is -3.48. The molecule has 43 heavy (non-hydrogen) atoms. The van der Waals surface area contributed by atoms with Gasteiger partial charge in [-0.3, -0.25) is 0 Å². The number of amides is 1. The van der Waals surface area contributed by atoms with Gasteiger partial charge in [0.1, 0.15) is 5.60 Å². The zero-order valence-corrected chi connectivity index (χ0v) is 26.4. The number of carbonyl (C=O) groups excluding carboxylic acids is 2. The highest BCUT2D eigenvalue weighted by molar-refractivity contribution is 6.00. The Morgan fingerprint density at radius 1 is 0.907 bits per heavy atom. The van der Waals surface area contributed by atoms with E-state index in [0.717, 1.165) is 57.5 Å². The number of anilines is 1. The number of carbonyl (C=O) groups is 2. The SMILES string of the molecule is COC(=O)c1ccc2c(C3CCCCC3)c3n(c2c1)CCN(CCC1CCN(C(=O)OC(C)(C)C)CC1)c1ccccc1-3. The minimum absolute atomic E-state index is 0.189. The Kier molecular flexibility index (Phi) is 8.43. The largest absolute Gasteiger partial charge is 0.465 e. The first-order chi connectivity index (χ1) is 20.7. The minimum Gasteiger partial charge on any atom is -0.465 e. The number of methoxy groups -OCH3 is 1. The number of fused-ring (bicyclic) bond motifs is 5. The van der Waals surface area contributed by atoms with E-state index in [2.05, 4.69) is 39.8 Å². The number of hydrogen-bond acceptors (Lipinski definition) is 5. The van der Waals surface area contributed by atoms with E-state index in [1.807, 2.05) is 37.8 Å². The Balaban J connectivity index is 1.27. The van der Waals surface area contributed by atoms with Gasteiger partial charge in [0.15, 0.2) is 0 Å². The van der Waals surface area contributed by atoms with Gasteiger partial charge in [-0.25, -0.2) is 9.59 Å². The lowest BCUT2D eigenvalue weighted by Gasteiger charge is -2.34. The number of ether oxygens (including phenoxy) is 2. The molecule has 0 radical (unpaired) electrons. The van der Waals surface area contributed by atoms with Crippen molar-refractivity contribution in [3.63, 3.8) is 0 Å². The van der Waals surface area contributed by atoms with Gasteiger partial charge in [-0.2, -0.15) is 0 Å². The van der Waals surface area contributed by atoms with E-state index in [1.165, 1.54) is 67.1 Å². The number of nitrogens with zero attached hydrogens (tertiary/aromatic N) is 3. The molecule has 0 N–H and O–H groups in total. The lowest BCUT2D eigenvalue weighted by Crippen LogP contribution is -2.42. The number of esters is 1. The van der Waals surface area contributed by atoms with Crippen LogP contribution in [0.2, 0.25) is 0 Å². The van der Waals surface area contributed by atoms with Gasteiger partial charge in [0.05, 0.1) is 18.4 Å². The van der Waals surface area contributed by atoms with Crippen LogP contribution in [0.4, 0.5) is 10.5 Å². The predicted octanol–water partition coefficient (Wildman–Crippen LogP) is 8.00. The summed E-state index contributed by atoms with van der Waals surface area (Å²) in [5.74, 6) is 0.838. The highest BCUT2D eigenvalue weighted by atomic mass is 16.6. The van der Waals surface area contributed by atoms with Crippen LogP contribution in [0.1, 0.15) is 94.0 Å². The zero-order chi connectivity index (χ0) is 30.1. The molecule has 3 heterocycles. The van der Waals surface area contributed by atoms with Crippen molar-refractivity contribution in [1.82, 2.24) is 9.47 Å². The van der Waals surface area contributed by atoms with Crippen molar-refractivity contribution in [2.75, 3.05) is 38.2 Å². The van der Waals surface area contributed by atoms with Crippen LogP contribution in [0.25, 0.3) is 22.2 Å². The van der Waals surface area contributed by atoms with Gasteiger partial charge in [-0.15, -0.1) is 0 Å². The van der Waals surface area contributed by atoms with Crippen molar-refractivity contribution in [2.24, 2.45) is 5.92 Å². The minimum atomic E-state index is -0.462. The Morgan fingerprint density at radius 3 is 2.37 bits per heavy atom. The van der Waals surface area contributed by atoms with Gasteiger partial charge in [-0.05, 0) is 88.5 Å². The molecule has 3 aliphatic rings. The van der Waals surface area contributed by atoms with Crippen LogP contribution in [-0.4, -0.2) is 60.4 Å². The van der Waals surface area contributed by atoms with Crippen LogP contribution in [0.15, 0.2) is 42.5 Å². The van der Waals surface area contributed by atoms with Crippen LogP contribution in [0.3, 0.4) is 0 Å². The Morgan fingerprint density at radius 2 is 1.65 bits per heavy atom. The summed E-state index contributed by atoms with van der Waals surface area (Å²) in [6, 6.07) is 15.1. The maximum atomic E-state index is 12.6. The Bertz CT molecular complexity index is 1470. The number of piperidine rings is 1. The number of rotatable bonds is 5. The zero-order valence-electron chi connectivity index (χ0n) is 26.4. The second kappa shape index (κ2) is 12.3. The highest BCUT2D eigenvalue weighted by Crippen LogP contribution is 2.47. The van der Waals surface area contributed by atoms with Gasteiger partial charge in [-0.1, -0.05) is 43.5 Å². The van der Waals surface area contributed by atoms with Crippen LogP contribution in [0, 0.1) is 5.92 Å². The van der Waals surface area contributed by atoms with Crippen molar-refractivity contribution in [2.45, 2.75) is 90.2 Å². The van der Waals surface area contributed by atoms with Crippen LogP contribution in [-0.2, 0) is 16.0 Å². The summed E-state index contributed by atoms with van der Waals surface area (Å²) in [6.45, 7) is 10.1. The summed E-state index contributed by atoms with van der Waals surface area (Å²) in [5.41, 5.74) is 6.71. The summed E-state index contributed by atoms with van der Waals surface area (Å²) in [7, 11) is 1.45. The van der Waals surface area contributed by atoms with Crippen molar-refractivity contribution < 1.29 is 19.1 Å². The molecule has 1 aromatic heterocycles. The molecule has 0 unspecified atom stereocenters. The van der Waals surface area contributed by atoms with Gasteiger partial charge in [0.25, 0.3) is 0 Å². The lowest BCUT2D eigenvalue weighted by atomic mass is 9.81. The number of benzene rings is 2. The fourth-order valence-corrected chi connectivity index (χ4v) is 7.54. The summed E-state index contributed by atoms with van der Waals surface area (Å²) in [4.78, 5) is 29.5. The summed E-state index contributed by atoms with van der Waals surface area (Å²) in [5, 5.41) is 1.29. The second-order valence-electron chi connectivity index (χ2n) is 13.7. The average molecular weight is 586 g/mol. The molecule has 1 saturated carbocycles. The molecule has 3 aromatic rings. The fourth-order valence-electron chi connectivity index (χ4n) is 7.54. The van der Waals surface area contributed by atoms with Gasteiger partial charge in [0.2, 0.25) is 0 Å². The average Bonchev–Trinajstić information content (AvgIpc) is 3.24. The van der Waals surface area contributed by atoms with Crippen LogP contribution >= 0.6 is 0 Å². The fraction of sp³-hybridized carbons (Fsp3) is 0.556. The van der Waals surface area contributed by atoms with Crippen molar-refractivity contribution in [3.8, 4) is 11.3 Å². The maximum Gasteiger partial charge on any atom is 0.410 e. The van der Waals surface area contributed by atoms with Crippen LogP contribution in [0.5, 0.6) is 0 Å². The predicted molar refractivity (Wildman–Crippen MR) is 172 cm³/mol. The van der Waals surface area contributed by atoms with Gasteiger partial charge < -0.3 is 23.8 Å². The molecule has 230 valence electrons. The monoisotopic (exact) mass is 585 g/mol. The molecule has 2 fully saturated rings. The quantitative estimate of drug-likeness (QED) is 0.284. The molecule has 0 atom stereocenters. The van der Waals surface area contributed by atoms with Crippen molar-refractivity contribution >= 4 is 28.7 Å². The first kappa shape index (κ1) is 29.6. The van der Waals surface area contributed by atoms with E-state index in [9.17, 15) is 9.59 Å². The third kappa shape index (κ3) is 6.13. The highest BCUT2D eigenvalue weighted by Gasteiger charge is 2.32. The molecular weight excluding hydrogens is 538 g/mol. The third-order valence-electron chi connectivity index (χ3n) is 9.71.